The number of alkyl halides is 3. The van der Waals surface area contributed by atoms with Crippen molar-refractivity contribution in [1.82, 2.24) is 4.98 Å². The van der Waals surface area contributed by atoms with Crippen molar-refractivity contribution in [2.45, 2.75) is 28.8 Å². The van der Waals surface area contributed by atoms with Crippen LogP contribution in [-0.2, 0) is 20.6 Å². The molecular weight excluding hydrogens is 767 g/mol. The number of rotatable bonds is 6. The molecule has 8 nitrogen and oxygen atoms in total. The Balaban J connectivity index is 1.12. The molecule has 2 N–H and O–H groups in total. The fourth-order valence-corrected chi connectivity index (χ4v) is 11.7. The lowest BCUT2D eigenvalue weighted by Crippen LogP contribution is -2.42. The lowest BCUT2D eigenvalue weighted by Gasteiger charge is -2.43. The standard InChI is InChI=1S/C34H24BrClF3N3O5S2/c35-14-5-10-22(47-13-23(43)40-21-4-2-1-3-20(21)34(37,38)39)17(11-14)24-25-18-12-19(28(25)48-30-29(24)49-33(46)41-30)27-26(18)31(44)42(32(27)45)16-8-6-15(36)7-9-16/h1-11,18-19,24-28H,12-13H2,(H,40,43)(H,41,46)/t18-,19-,24+,25-,26+,27+,28-/m1/s1. The summed E-state index contributed by atoms with van der Waals surface area (Å²) in [5.41, 5.74) is -0.214. The maximum Gasteiger partial charge on any atom is 0.418 e. The van der Waals surface area contributed by atoms with E-state index >= 15 is 0 Å². The smallest absolute Gasteiger partial charge is 0.418 e. The van der Waals surface area contributed by atoms with Gasteiger partial charge in [0.05, 0.1) is 33.8 Å². The summed E-state index contributed by atoms with van der Waals surface area (Å²) >= 11 is 12.2. The van der Waals surface area contributed by atoms with Crippen molar-refractivity contribution in [3.63, 3.8) is 0 Å². The first-order valence-corrected chi connectivity index (χ1v) is 18.2. The van der Waals surface area contributed by atoms with Crippen LogP contribution in [0.3, 0.4) is 0 Å². The zero-order valence-electron chi connectivity index (χ0n) is 25.0. The van der Waals surface area contributed by atoms with Gasteiger partial charge in [-0.1, -0.05) is 51.0 Å². The van der Waals surface area contributed by atoms with Gasteiger partial charge in [-0.05, 0) is 78.8 Å². The molecule has 3 fully saturated rings. The first-order valence-electron chi connectivity index (χ1n) is 15.3. The SMILES string of the molecule is O=C(COc1ccc(Br)cc1[C@@H]1c2sc(=O)[nH]c2S[C@@H]2[C@@H]3C[C@@H]([C@@H]4C(=O)N(c5ccc(Cl)cc5)C(=O)[C@@H]34)[C@H]12)Nc1ccccc1C(F)(F)F. The zero-order valence-corrected chi connectivity index (χ0v) is 29.0. The van der Waals surface area contributed by atoms with Gasteiger partial charge in [-0.25, -0.2) is 0 Å². The number of para-hydroxylation sites is 1. The first kappa shape index (κ1) is 32.6. The quantitative estimate of drug-likeness (QED) is 0.195. The van der Waals surface area contributed by atoms with Gasteiger partial charge in [0.15, 0.2) is 6.61 Å². The predicted molar refractivity (Wildman–Crippen MR) is 182 cm³/mol. The fourth-order valence-electron chi connectivity index (χ4n) is 8.27. The molecule has 3 aromatic carbocycles. The molecule has 2 saturated carbocycles. The highest BCUT2D eigenvalue weighted by Crippen LogP contribution is 2.69. The van der Waals surface area contributed by atoms with Crippen LogP contribution in [-0.4, -0.2) is 34.6 Å². The van der Waals surface area contributed by atoms with Crippen LogP contribution in [0.2, 0.25) is 5.02 Å². The number of anilines is 2. The molecule has 3 heterocycles. The van der Waals surface area contributed by atoms with Gasteiger partial charge < -0.3 is 15.0 Å². The van der Waals surface area contributed by atoms with Crippen molar-refractivity contribution in [3.8, 4) is 5.75 Å². The second kappa shape index (κ2) is 12.0. The van der Waals surface area contributed by atoms with E-state index in [0.717, 1.165) is 22.3 Å². The Morgan fingerprint density at radius 3 is 2.47 bits per heavy atom. The summed E-state index contributed by atoms with van der Waals surface area (Å²) < 4.78 is 47.3. The number of aromatic nitrogens is 1. The summed E-state index contributed by atoms with van der Waals surface area (Å²) in [6.45, 7) is -0.577. The third-order valence-electron chi connectivity index (χ3n) is 9.98. The van der Waals surface area contributed by atoms with E-state index in [2.05, 4.69) is 26.2 Å². The Morgan fingerprint density at radius 1 is 1.02 bits per heavy atom. The molecule has 0 radical (unpaired) electrons. The first-order chi connectivity index (χ1) is 23.4. The number of halogens is 5. The molecular formula is C34H24BrClF3N3O5S2. The molecule has 4 aromatic rings. The minimum Gasteiger partial charge on any atom is -0.483 e. The summed E-state index contributed by atoms with van der Waals surface area (Å²) in [4.78, 5) is 58.4. The summed E-state index contributed by atoms with van der Waals surface area (Å²) in [5.74, 6) is -2.83. The van der Waals surface area contributed by atoms with Crippen LogP contribution in [0.25, 0.3) is 0 Å². The number of aromatic amines is 1. The van der Waals surface area contributed by atoms with E-state index in [4.69, 9.17) is 16.3 Å². The molecule has 1 saturated heterocycles. The minimum atomic E-state index is -4.66. The number of benzene rings is 3. The number of carbonyl (C=O) groups is 3. The number of thioether (sulfide) groups is 1. The van der Waals surface area contributed by atoms with Gasteiger partial charge in [-0.15, -0.1) is 11.8 Å². The predicted octanol–water partition coefficient (Wildman–Crippen LogP) is 7.57. The highest BCUT2D eigenvalue weighted by atomic mass is 79.9. The molecule has 2 bridgehead atoms. The van der Waals surface area contributed by atoms with Crippen LogP contribution in [0, 0.1) is 29.6 Å². The molecule has 252 valence electrons. The third-order valence-corrected chi connectivity index (χ3v) is 13.3. The van der Waals surface area contributed by atoms with Crippen LogP contribution >= 0.6 is 50.6 Å². The Bertz CT molecular complexity index is 2090. The molecule has 49 heavy (non-hydrogen) atoms. The van der Waals surface area contributed by atoms with Crippen molar-refractivity contribution in [3.05, 3.63) is 102 Å². The summed E-state index contributed by atoms with van der Waals surface area (Å²) in [5, 5.41) is 3.40. The van der Waals surface area contributed by atoms with Crippen molar-refractivity contribution in [2.75, 3.05) is 16.8 Å². The summed E-state index contributed by atoms with van der Waals surface area (Å²) in [6.07, 6.45) is -3.99. The normalized spacial score (nSPS) is 26.8. The number of imide groups is 1. The van der Waals surface area contributed by atoms with Crippen molar-refractivity contribution < 1.29 is 32.3 Å². The number of nitrogens with zero attached hydrogens (tertiary/aromatic N) is 1. The van der Waals surface area contributed by atoms with Gasteiger partial charge >= 0.3 is 11.0 Å². The molecule has 3 amide bonds. The number of carbonyl (C=O) groups excluding carboxylic acids is 3. The lowest BCUT2D eigenvalue weighted by atomic mass is 9.68. The highest BCUT2D eigenvalue weighted by molar-refractivity contribution is 9.10. The topological polar surface area (TPSA) is 109 Å². The average molecular weight is 791 g/mol. The molecule has 4 aliphatic rings. The van der Waals surface area contributed by atoms with Crippen LogP contribution in [0.15, 0.2) is 81.0 Å². The average Bonchev–Trinajstić information content (AvgIpc) is 3.79. The summed E-state index contributed by atoms with van der Waals surface area (Å²) in [6, 6.07) is 16.6. The number of nitrogens with one attached hydrogen (secondary N) is 2. The second-order valence-electron chi connectivity index (χ2n) is 12.5. The van der Waals surface area contributed by atoms with E-state index in [9.17, 15) is 32.3 Å². The van der Waals surface area contributed by atoms with Gasteiger partial charge in [0.1, 0.15) is 5.75 Å². The Morgan fingerprint density at radius 2 is 1.73 bits per heavy atom. The van der Waals surface area contributed by atoms with Crippen LogP contribution < -0.4 is 19.8 Å². The number of hydrogen-bond acceptors (Lipinski definition) is 7. The number of amides is 3. The van der Waals surface area contributed by atoms with E-state index in [0.29, 0.717) is 37.9 Å². The molecule has 0 spiro atoms. The minimum absolute atomic E-state index is 0.0927. The molecule has 2 aliphatic carbocycles. The third kappa shape index (κ3) is 5.42. The molecule has 7 atom stereocenters. The number of fused-ring (bicyclic) bond motifs is 9. The van der Waals surface area contributed by atoms with E-state index in [1.165, 1.54) is 23.1 Å². The largest absolute Gasteiger partial charge is 0.483 e. The van der Waals surface area contributed by atoms with Crippen LogP contribution in [0.4, 0.5) is 24.5 Å². The lowest BCUT2D eigenvalue weighted by molar-refractivity contribution is -0.137. The van der Waals surface area contributed by atoms with Crippen LogP contribution in [0.1, 0.15) is 28.3 Å². The van der Waals surface area contributed by atoms with Crippen molar-refractivity contribution in [2.24, 2.45) is 29.6 Å². The number of ether oxygens (including phenoxy) is 1. The maximum absolute atomic E-state index is 14.0. The Kier molecular flexibility index (Phi) is 8.00. The molecule has 2 aliphatic heterocycles. The fraction of sp³-hybridized carbons (Fsp3) is 0.294. The monoisotopic (exact) mass is 789 g/mol. The van der Waals surface area contributed by atoms with Crippen molar-refractivity contribution in [1.29, 1.82) is 0 Å². The zero-order chi connectivity index (χ0) is 34.4. The number of thiazole rings is 1. The van der Waals surface area contributed by atoms with E-state index < -0.39 is 42.0 Å². The molecule has 1 aromatic heterocycles. The van der Waals surface area contributed by atoms with E-state index in [-0.39, 0.29) is 45.4 Å². The van der Waals surface area contributed by atoms with Crippen LogP contribution in [0.5, 0.6) is 5.75 Å². The van der Waals surface area contributed by atoms with Gasteiger partial charge in [-0.2, -0.15) is 13.2 Å². The Hall–Kier alpha value is -3.59. The second-order valence-corrected chi connectivity index (χ2v) is 16.1. The highest BCUT2D eigenvalue weighted by Gasteiger charge is 2.70. The van der Waals surface area contributed by atoms with Gasteiger partial charge in [0.25, 0.3) is 5.91 Å². The van der Waals surface area contributed by atoms with Gasteiger partial charge in [0, 0.05) is 31.1 Å². The van der Waals surface area contributed by atoms with E-state index in [1.807, 2.05) is 6.07 Å². The maximum atomic E-state index is 14.0. The van der Waals surface area contributed by atoms with Gasteiger partial charge in [0.2, 0.25) is 11.8 Å². The Labute approximate surface area is 298 Å². The molecule has 15 heteroatoms. The summed E-state index contributed by atoms with van der Waals surface area (Å²) in [7, 11) is 0. The molecule has 8 rings (SSSR count). The number of H-pyrrole nitrogens is 1. The molecule has 0 unspecified atom stereocenters. The van der Waals surface area contributed by atoms with E-state index in [1.54, 1.807) is 48.2 Å². The van der Waals surface area contributed by atoms with Crippen molar-refractivity contribution >= 4 is 79.7 Å². The van der Waals surface area contributed by atoms with Gasteiger partial charge in [-0.3, -0.25) is 24.1 Å². The number of hydrogen-bond donors (Lipinski definition) is 2.